The Morgan fingerprint density at radius 3 is 2.67 bits per heavy atom. The van der Waals surface area contributed by atoms with E-state index in [9.17, 15) is 4.79 Å². The summed E-state index contributed by atoms with van der Waals surface area (Å²) in [5.41, 5.74) is 0.869. The second kappa shape index (κ2) is 6.55. The van der Waals surface area contributed by atoms with Crippen LogP contribution in [0.4, 0.5) is 5.69 Å². The lowest BCUT2D eigenvalue weighted by Gasteiger charge is -2.27. The maximum atomic E-state index is 11.8. The molecule has 1 amide bonds. The highest BCUT2D eigenvalue weighted by molar-refractivity contribution is 5.90. The number of nitrogens with one attached hydrogen (secondary N) is 2. The molecular formula is C15H22N2O. The Morgan fingerprint density at radius 1 is 1.33 bits per heavy atom. The molecule has 3 nitrogen and oxygen atoms in total. The summed E-state index contributed by atoms with van der Waals surface area (Å²) in [4.78, 5) is 11.8. The van der Waals surface area contributed by atoms with Gasteiger partial charge in [0.2, 0.25) is 5.91 Å². The SMILES string of the molecule is CC(CC(=O)Nc1ccccc1)NCC1CCC1. The maximum absolute atomic E-state index is 11.8. The standard InChI is InChI=1S/C15H22N2O/c1-12(16-11-13-6-5-7-13)10-15(18)17-14-8-3-2-4-9-14/h2-4,8-9,12-13,16H,5-7,10-11H2,1H3,(H,17,18). The molecule has 1 fully saturated rings. The Labute approximate surface area is 109 Å². The number of amides is 1. The van der Waals surface area contributed by atoms with E-state index in [4.69, 9.17) is 0 Å². The predicted octanol–water partition coefficient (Wildman–Crippen LogP) is 2.79. The summed E-state index contributed by atoms with van der Waals surface area (Å²) in [6.45, 7) is 3.13. The van der Waals surface area contributed by atoms with Gasteiger partial charge in [0, 0.05) is 18.2 Å². The van der Waals surface area contributed by atoms with E-state index in [1.54, 1.807) is 0 Å². The number of anilines is 1. The van der Waals surface area contributed by atoms with Gasteiger partial charge in [0.1, 0.15) is 0 Å². The summed E-state index contributed by atoms with van der Waals surface area (Å²) in [6.07, 6.45) is 4.59. The van der Waals surface area contributed by atoms with Gasteiger partial charge >= 0.3 is 0 Å². The number of benzene rings is 1. The van der Waals surface area contributed by atoms with Crippen LogP contribution in [0.3, 0.4) is 0 Å². The van der Waals surface area contributed by atoms with Gasteiger partial charge in [-0.2, -0.15) is 0 Å². The number of carbonyl (C=O) groups excluding carboxylic acids is 1. The van der Waals surface area contributed by atoms with Crippen LogP contribution in [0.25, 0.3) is 0 Å². The lowest BCUT2D eigenvalue weighted by Crippen LogP contribution is -2.36. The lowest BCUT2D eigenvalue weighted by molar-refractivity contribution is -0.116. The molecule has 2 N–H and O–H groups in total. The minimum Gasteiger partial charge on any atom is -0.326 e. The van der Waals surface area contributed by atoms with Crippen molar-refractivity contribution >= 4 is 11.6 Å². The molecule has 0 heterocycles. The molecule has 0 bridgehead atoms. The molecule has 0 saturated heterocycles. The maximum Gasteiger partial charge on any atom is 0.225 e. The minimum atomic E-state index is 0.0785. The molecule has 18 heavy (non-hydrogen) atoms. The average molecular weight is 246 g/mol. The van der Waals surface area contributed by atoms with Crippen molar-refractivity contribution in [2.75, 3.05) is 11.9 Å². The van der Waals surface area contributed by atoms with Crippen LogP contribution in [0.1, 0.15) is 32.6 Å². The van der Waals surface area contributed by atoms with Crippen molar-refractivity contribution in [2.24, 2.45) is 5.92 Å². The summed E-state index contributed by atoms with van der Waals surface area (Å²) in [6, 6.07) is 9.85. The molecule has 0 aromatic heterocycles. The fourth-order valence-corrected chi connectivity index (χ4v) is 2.15. The van der Waals surface area contributed by atoms with Crippen molar-refractivity contribution in [3.63, 3.8) is 0 Å². The van der Waals surface area contributed by atoms with Crippen LogP contribution in [0.5, 0.6) is 0 Å². The molecule has 0 aliphatic heterocycles. The van der Waals surface area contributed by atoms with E-state index in [1.807, 2.05) is 30.3 Å². The first kappa shape index (κ1) is 13.1. The summed E-state index contributed by atoms with van der Waals surface area (Å²) in [5, 5.41) is 6.35. The molecule has 0 spiro atoms. The van der Waals surface area contributed by atoms with Crippen molar-refractivity contribution in [1.29, 1.82) is 0 Å². The summed E-state index contributed by atoms with van der Waals surface area (Å²) >= 11 is 0. The molecule has 1 unspecified atom stereocenters. The molecule has 2 rings (SSSR count). The Bertz CT molecular complexity index is 373. The normalized spacial score (nSPS) is 16.9. The van der Waals surface area contributed by atoms with Gasteiger partial charge in [0.25, 0.3) is 0 Å². The Morgan fingerprint density at radius 2 is 2.06 bits per heavy atom. The summed E-state index contributed by atoms with van der Waals surface area (Å²) in [5.74, 6) is 0.916. The van der Waals surface area contributed by atoms with Gasteiger partial charge in [0.05, 0.1) is 0 Å². The second-order valence-electron chi connectivity index (χ2n) is 5.22. The molecule has 98 valence electrons. The topological polar surface area (TPSA) is 41.1 Å². The third-order valence-corrected chi connectivity index (χ3v) is 3.53. The van der Waals surface area contributed by atoms with Crippen molar-refractivity contribution in [3.8, 4) is 0 Å². The Kier molecular flexibility index (Phi) is 4.76. The Hall–Kier alpha value is -1.35. The predicted molar refractivity (Wildman–Crippen MR) is 74.5 cm³/mol. The highest BCUT2D eigenvalue weighted by atomic mass is 16.1. The smallest absolute Gasteiger partial charge is 0.225 e. The van der Waals surface area contributed by atoms with Crippen LogP contribution < -0.4 is 10.6 Å². The van der Waals surface area contributed by atoms with Crippen LogP contribution in [-0.2, 0) is 4.79 Å². The number of rotatable bonds is 6. The van der Waals surface area contributed by atoms with E-state index in [1.165, 1.54) is 19.3 Å². The molecule has 1 aliphatic rings. The van der Waals surface area contributed by atoms with Gasteiger partial charge in [-0.3, -0.25) is 4.79 Å². The molecule has 1 aliphatic carbocycles. The van der Waals surface area contributed by atoms with Gasteiger partial charge in [-0.05, 0) is 44.4 Å². The molecule has 1 saturated carbocycles. The molecular weight excluding hydrogens is 224 g/mol. The first-order valence-corrected chi connectivity index (χ1v) is 6.82. The monoisotopic (exact) mass is 246 g/mol. The first-order valence-electron chi connectivity index (χ1n) is 6.82. The number of hydrogen-bond donors (Lipinski definition) is 2. The van der Waals surface area contributed by atoms with Gasteiger partial charge in [0.15, 0.2) is 0 Å². The highest BCUT2D eigenvalue weighted by Crippen LogP contribution is 2.25. The van der Waals surface area contributed by atoms with E-state index < -0.39 is 0 Å². The van der Waals surface area contributed by atoms with E-state index in [0.717, 1.165) is 18.2 Å². The zero-order chi connectivity index (χ0) is 12.8. The Balaban J connectivity index is 1.66. The number of para-hydroxylation sites is 1. The lowest BCUT2D eigenvalue weighted by atomic mass is 9.85. The molecule has 1 aromatic carbocycles. The van der Waals surface area contributed by atoms with Crippen LogP contribution in [0, 0.1) is 5.92 Å². The largest absolute Gasteiger partial charge is 0.326 e. The van der Waals surface area contributed by atoms with Gasteiger partial charge in [-0.15, -0.1) is 0 Å². The van der Waals surface area contributed by atoms with Crippen LogP contribution in [0.2, 0.25) is 0 Å². The van der Waals surface area contributed by atoms with E-state index in [-0.39, 0.29) is 11.9 Å². The van der Waals surface area contributed by atoms with Crippen LogP contribution in [-0.4, -0.2) is 18.5 Å². The van der Waals surface area contributed by atoms with E-state index in [0.29, 0.717) is 6.42 Å². The fourth-order valence-electron chi connectivity index (χ4n) is 2.15. The molecule has 1 atom stereocenters. The second-order valence-corrected chi connectivity index (χ2v) is 5.22. The van der Waals surface area contributed by atoms with Crippen molar-refractivity contribution in [2.45, 2.75) is 38.6 Å². The van der Waals surface area contributed by atoms with Gasteiger partial charge < -0.3 is 10.6 Å². The first-order chi connectivity index (χ1) is 8.74. The molecule has 0 radical (unpaired) electrons. The fraction of sp³-hybridized carbons (Fsp3) is 0.533. The van der Waals surface area contributed by atoms with E-state index >= 15 is 0 Å². The van der Waals surface area contributed by atoms with Crippen LogP contribution >= 0.6 is 0 Å². The third-order valence-electron chi connectivity index (χ3n) is 3.53. The number of hydrogen-bond acceptors (Lipinski definition) is 2. The minimum absolute atomic E-state index is 0.0785. The van der Waals surface area contributed by atoms with Gasteiger partial charge in [-0.25, -0.2) is 0 Å². The van der Waals surface area contributed by atoms with Crippen LogP contribution in [0.15, 0.2) is 30.3 Å². The van der Waals surface area contributed by atoms with Crippen molar-refractivity contribution in [1.82, 2.24) is 5.32 Å². The summed E-state index contributed by atoms with van der Waals surface area (Å²) in [7, 11) is 0. The number of carbonyl (C=O) groups is 1. The van der Waals surface area contributed by atoms with E-state index in [2.05, 4.69) is 17.6 Å². The quantitative estimate of drug-likeness (QED) is 0.810. The van der Waals surface area contributed by atoms with Gasteiger partial charge in [-0.1, -0.05) is 24.6 Å². The zero-order valence-corrected chi connectivity index (χ0v) is 11.0. The van der Waals surface area contributed by atoms with Crippen molar-refractivity contribution < 1.29 is 4.79 Å². The molecule has 1 aromatic rings. The molecule has 3 heteroatoms. The third kappa shape index (κ3) is 4.15. The van der Waals surface area contributed by atoms with Crippen molar-refractivity contribution in [3.05, 3.63) is 30.3 Å². The zero-order valence-electron chi connectivity index (χ0n) is 11.0. The summed E-state index contributed by atoms with van der Waals surface area (Å²) < 4.78 is 0. The average Bonchev–Trinajstić information content (AvgIpc) is 2.27. The highest BCUT2D eigenvalue weighted by Gasteiger charge is 2.18.